The highest BCUT2D eigenvalue weighted by Crippen LogP contribution is 2.24. The third kappa shape index (κ3) is 4.46. The quantitative estimate of drug-likeness (QED) is 0.361. The maximum absolute atomic E-state index is 5.94. The van der Waals surface area contributed by atoms with Crippen LogP contribution in [0.2, 0.25) is 0 Å². The standard InChI is InChI=1S/C12H22N4.HI/c1-15-7-5-10(6-8-15)9-14-12(13)16(2)11-3-4-11;/h5,11H,3-4,6-9H2,1-2H3,(H2,13,14);1H. The van der Waals surface area contributed by atoms with Crippen LogP contribution >= 0.6 is 24.0 Å². The Kier molecular flexibility index (Phi) is 5.72. The summed E-state index contributed by atoms with van der Waals surface area (Å²) in [7, 11) is 4.19. The molecule has 0 aromatic heterocycles. The van der Waals surface area contributed by atoms with Crippen LogP contribution in [0.4, 0.5) is 0 Å². The van der Waals surface area contributed by atoms with Crippen molar-refractivity contribution in [2.75, 3.05) is 33.7 Å². The third-order valence-corrected chi connectivity index (χ3v) is 3.41. The molecule has 0 aromatic carbocycles. The van der Waals surface area contributed by atoms with E-state index in [-0.39, 0.29) is 24.0 Å². The fourth-order valence-corrected chi connectivity index (χ4v) is 1.90. The maximum Gasteiger partial charge on any atom is 0.191 e. The summed E-state index contributed by atoms with van der Waals surface area (Å²) in [5, 5.41) is 0. The second kappa shape index (κ2) is 6.58. The van der Waals surface area contributed by atoms with E-state index >= 15 is 0 Å². The lowest BCUT2D eigenvalue weighted by Crippen LogP contribution is -2.36. The van der Waals surface area contributed by atoms with Gasteiger partial charge in [-0.3, -0.25) is 0 Å². The molecule has 1 saturated carbocycles. The Hall–Kier alpha value is -0.300. The fraction of sp³-hybridized carbons (Fsp3) is 0.750. The van der Waals surface area contributed by atoms with Crippen molar-refractivity contribution in [2.45, 2.75) is 25.3 Å². The number of rotatable bonds is 3. The van der Waals surface area contributed by atoms with Gasteiger partial charge in [-0.25, -0.2) is 4.99 Å². The molecular formula is C12H23IN4. The zero-order valence-corrected chi connectivity index (χ0v) is 13.1. The Morgan fingerprint density at radius 2 is 2.29 bits per heavy atom. The summed E-state index contributed by atoms with van der Waals surface area (Å²) in [6.45, 7) is 2.96. The van der Waals surface area contributed by atoms with Gasteiger partial charge in [0, 0.05) is 26.2 Å². The predicted molar refractivity (Wildman–Crippen MR) is 82.9 cm³/mol. The van der Waals surface area contributed by atoms with E-state index in [2.05, 4.69) is 27.9 Å². The monoisotopic (exact) mass is 350 g/mol. The van der Waals surface area contributed by atoms with Crippen molar-refractivity contribution in [2.24, 2.45) is 10.7 Å². The summed E-state index contributed by atoms with van der Waals surface area (Å²) >= 11 is 0. The Bertz CT molecular complexity index is 310. The van der Waals surface area contributed by atoms with Crippen LogP contribution in [0, 0.1) is 0 Å². The van der Waals surface area contributed by atoms with Gasteiger partial charge < -0.3 is 15.5 Å². The first-order valence-electron chi connectivity index (χ1n) is 6.06. The van der Waals surface area contributed by atoms with Gasteiger partial charge in [-0.1, -0.05) is 11.6 Å². The largest absolute Gasteiger partial charge is 0.370 e. The average molecular weight is 350 g/mol. The molecule has 0 saturated heterocycles. The van der Waals surface area contributed by atoms with Crippen LogP contribution in [-0.4, -0.2) is 55.5 Å². The molecule has 0 unspecified atom stereocenters. The summed E-state index contributed by atoms with van der Waals surface area (Å²) in [5.74, 6) is 0.697. The molecule has 1 fully saturated rings. The molecule has 1 aliphatic heterocycles. The highest BCUT2D eigenvalue weighted by Gasteiger charge is 2.27. The van der Waals surface area contributed by atoms with E-state index in [9.17, 15) is 0 Å². The minimum atomic E-state index is 0. The molecule has 4 nitrogen and oxygen atoms in total. The molecule has 1 aliphatic carbocycles. The number of hydrogen-bond donors (Lipinski definition) is 1. The van der Waals surface area contributed by atoms with Gasteiger partial charge in [0.25, 0.3) is 0 Å². The number of likely N-dealkylation sites (N-methyl/N-ethyl adjacent to an activating group) is 1. The van der Waals surface area contributed by atoms with Crippen molar-refractivity contribution in [1.29, 1.82) is 0 Å². The molecule has 1 heterocycles. The van der Waals surface area contributed by atoms with Gasteiger partial charge in [0.05, 0.1) is 6.54 Å². The van der Waals surface area contributed by atoms with Gasteiger partial charge in [0.1, 0.15) is 0 Å². The molecule has 17 heavy (non-hydrogen) atoms. The lowest BCUT2D eigenvalue weighted by molar-refractivity contribution is 0.358. The lowest BCUT2D eigenvalue weighted by Gasteiger charge is -2.22. The number of aliphatic imine (C=N–C) groups is 1. The molecule has 0 spiro atoms. The zero-order chi connectivity index (χ0) is 11.5. The van der Waals surface area contributed by atoms with E-state index in [0.717, 1.165) is 26.1 Å². The highest BCUT2D eigenvalue weighted by atomic mass is 127. The number of guanidine groups is 1. The van der Waals surface area contributed by atoms with Gasteiger partial charge in [-0.15, -0.1) is 24.0 Å². The van der Waals surface area contributed by atoms with Crippen molar-refractivity contribution in [1.82, 2.24) is 9.80 Å². The van der Waals surface area contributed by atoms with E-state index in [1.54, 1.807) is 0 Å². The number of nitrogens with zero attached hydrogens (tertiary/aromatic N) is 3. The van der Waals surface area contributed by atoms with Crippen LogP contribution in [-0.2, 0) is 0 Å². The summed E-state index contributed by atoms with van der Waals surface area (Å²) in [4.78, 5) is 8.89. The smallest absolute Gasteiger partial charge is 0.191 e. The SMILES string of the molecule is CN1CC=C(CN=C(N)N(C)C2CC2)CC1.I. The average Bonchev–Trinajstić information content (AvgIpc) is 3.11. The molecule has 0 bridgehead atoms. The van der Waals surface area contributed by atoms with Crippen LogP contribution in [0.15, 0.2) is 16.6 Å². The minimum Gasteiger partial charge on any atom is -0.370 e. The third-order valence-electron chi connectivity index (χ3n) is 3.41. The van der Waals surface area contributed by atoms with E-state index in [1.807, 2.05) is 7.05 Å². The highest BCUT2D eigenvalue weighted by molar-refractivity contribution is 14.0. The van der Waals surface area contributed by atoms with Gasteiger partial charge in [-0.05, 0) is 26.3 Å². The van der Waals surface area contributed by atoms with Crippen LogP contribution in [0.5, 0.6) is 0 Å². The fourth-order valence-electron chi connectivity index (χ4n) is 1.90. The first-order valence-corrected chi connectivity index (χ1v) is 6.06. The summed E-state index contributed by atoms with van der Waals surface area (Å²) in [6.07, 6.45) is 5.93. The Labute approximate surface area is 121 Å². The van der Waals surface area contributed by atoms with Crippen molar-refractivity contribution in [3.8, 4) is 0 Å². The summed E-state index contributed by atoms with van der Waals surface area (Å²) in [5.41, 5.74) is 7.36. The second-order valence-corrected chi connectivity index (χ2v) is 4.89. The molecule has 98 valence electrons. The Balaban J connectivity index is 0.00000144. The molecule has 0 atom stereocenters. The first kappa shape index (κ1) is 14.8. The molecule has 2 rings (SSSR count). The van der Waals surface area contributed by atoms with Gasteiger partial charge >= 0.3 is 0 Å². The van der Waals surface area contributed by atoms with E-state index < -0.39 is 0 Å². The van der Waals surface area contributed by atoms with Gasteiger partial charge in [0.15, 0.2) is 5.96 Å². The number of halogens is 1. The van der Waals surface area contributed by atoms with Crippen LogP contribution < -0.4 is 5.73 Å². The zero-order valence-electron chi connectivity index (χ0n) is 10.7. The predicted octanol–water partition coefficient (Wildman–Crippen LogP) is 1.28. The second-order valence-electron chi connectivity index (χ2n) is 4.89. The van der Waals surface area contributed by atoms with Crippen molar-refractivity contribution < 1.29 is 0 Å². The maximum atomic E-state index is 5.94. The number of hydrogen-bond acceptors (Lipinski definition) is 2. The topological polar surface area (TPSA) is 44.9 Å². The minimum absolute atomic E-state index is 0. The van der Waals surface area contributed by atoms with Crippen molar-refractivity contribution >= 4 is 29.9 Å². The normalized spacial score (nSPS) is 21.8. The molecule has 0 aromatic rings. The number of nitrogens with two attached hydrogens (primary N) is 1. The first-order chi connectivity index (χ1) is 7.66. The van der Waals surface area contributed by atoms with E-state index in [4.69, 9.17) is 5.73 Å². The molecule has 5 heteroatoms. The van der Waals surface area contributed by atoms with E-state index in [1.165, 1.54) is 18.4 Å². The van der Waals surface area contributed by atoms with Crippen LogP contribution in [0.25, 0.3) is 0 Å². The molecule has 2 N–H and O–H groups in total. The Morgan fingerprint density at radius 3 is 2.82 bits per heavy atom. The Morgan fingerprint density at radius 1 is 1.59 bits per heavy atom. The molecule has 0 radical (unpaired) electrons. The molecular weight excluding hydrogens is 327 g/mol. The van der Waals surface area contributed by atoms with Crippen molar-refractivity contribution in [3.05, 3.63) is 11.6 Å². The lowest BCUT2D eigenvalue weighted by atomic mass is 10.1. The van der Waals surface area contributed by atoms with Crippen LogP contribution in [0.3, 0.4) is 0 Å². The van der Waals surface area contributed by atoms with Crippen LogP contribution in [0.1, 0.15) is 19.3 Å². The van der Waals surface area contributed by atoms with Crippen molar-refractivity contribution in [3.63, 3.8) is 0 Å². The van der Waals surface area contributed by atoms with Gasteiger partial charge in [0.2, 0.25) is 0 Å². The van der Waals surface area contributed by atoms with E-state index in [0.29, 0.717) is 12.0 Å². The van der Waals surface area contributed by atoms with Gasteiger partial charge in [-0.2, -0.15) is 0 Å². The summed E-state index contributed by atoms with van der Waals surface area (Å²) < 4.78 is 0. The molecule has 2 aliphatic rings. The summed E-state index contributed by atoms with van der Waals surface area (Å²) in [6, 6.07) is 0.648. The molecule has 0 amide bonds.